The Morgan fingerprint density at radius 2 is 2.00 bits per heavy atom. The number of nitrogens with zero attached hydrogens (tertiary/aromatic N) is 5. The second-order valence-corrected chi connectivity index (χ2v) is 7.92. The fourth-order valence-corrected chi connectivity index (χ4v) is 4.61. The molecule has 0 aliphatic rings. The van der Waals surface area contributed by atoms with Crippen LogP contribution in [0.3, 0.4) is 0 Å². The predicted octanol–water partition coefficient (Wildman–Crippen LogP) is 1.75. The Balaban J connectivity index is 1.96. The van der Waals surface area contributed by atoms with Crippen molar-refractivity contribution >= 4 is 50.2 Å². The van der Waals surface area contributed by atoms with Gasteiger partial charge in [-0.05, 0) is 22.9 Å². The summed E-state index contributed by atoms with van der Waals surface area (Å²) in [5.74, 6) is 0.753. The van der Waals surface area contributed by atoms with Crippen molar-refractivity contribution < 1.29 is 0 Å². The topological polar surface area (TPSA) is 74.7 Å². The summed E-state index contributed by atoms with van der Waals surface area (Å²) in [7, 11) is 3.09. The number of thiazole rings is 1. The van der Waals surface area contributed by atoms with Crippen LogP contribution in [0.4, 0.5) is 0 Å². The van der Waals surface area contributed by atoms with Crippen molar-refractivity contribution in [3.8, 4) is 0 Å². The zero-order valence-corrected chi connectivity index (χ0v) is 16.0. The van der Waals surface area contributed by atoms with Gasteiger partial charge in [-0.3, -0.25) is 13.9 Å². The van der Waals surface area contributed by atoms with E-state index in [2.05, 4.69) is 25.9 Å². The van der Waals surface area contributed by atoms with E-state index in [0.29, 0.717) is 22.4 Å². The highest BCUT2D eigenvalue weighted by Gasteiger charge is 2.17. The smallest absolute Gasteiger partial charge is 0.312 e. The van der Waals surface area contributed by atoms with E-state index in [1.807, 2.05) is 12.3 Å². The first kappa shape index (κ1) is 16.5. The van der Waals surface area contributed by atoms with E-state index >= 15 is 0 Å². The summed E-state index contributed by atoms with van der Waals surface area (Å²) in [5.41, 5.74) is 1.11. The Bertz CT molecular complexity index is 1000. The summed E-state index contributed by atoms with van der Waals surface area (Å²) in [6, 6.07) is 0. The monoisotopic (exact) mass is 415 g/mol. The number of aryl methyl sites for hydroxylation is 3. The molecule has 3 rings (SSSR count). The van der Waals surface area contributed by atoms with Crippen LogP contribution in [0.5, 0.6) is 0 Å². The van der Waals surface area contributed by atoms with Gasteiger partial charge in [0, 0.05) is 37.5 Å². The molecule has 3 heterocycles. The summed E-state index contributed by atoms with van der Waals surface area (Å²) in [5, 5.41) is 2.01. The predicted molar refractivity (Wildman–Crippen MR) is 95.5 cm³/mol. The standard InChI is InChI=1S/C13H14BrN5O2S2/c1-7-6-23-12(15-7)22-5-4-19-8-9(16-11(19)14)17(2)13(21)18(3)10(8)20/h6H,4-5H2,1-3H3. The first-order valence-electron chi connectivity index (χ1n) is 6.77. The molecule has 0 spiro atoms. The maximum atomic E-state index is 12.4. The van der Waals surface area contributed by atoms with Crippen LogP contribution < -0.4 is 11.2 Å². The van der Waals surface area contributed by atoms with Crippen molar-refractivity contribution in [3.63, 3.8) is 0 Å². The Kier molecular flexibility index (Phi) is 4.47. The van der Waals surface area contributed by atoms with E-state index in [1.54, 1.807) is 34.7 Å². The highest BCUT2D eigenvalue weighted by molar-refractivity contribution is 9.10. The van der Waals surface area contributed by atoms with Gasteiger partial charge in [0.2, 0.25) is 0 Å². The Morgan fingerprint density at radius 3 is 2.65 bits per heavy atom. The van der Waals surface area contributed by atoms with Crippen molar-refractivity contribution in [1.82, 2.24) is 23.7 Å². The number of hydrogen-bond acceptors (Lipinski definition) is 6. The molecule has 0 aromatic carbocycles. The summed E-state index contributed by atoms with van der Waals surface area (Å²) in [6.07, 6.45) is 0. The SMILES string of the molecule is Cc1csc(SCCn2c(Br)nc3c2c(=O)n(C)c(=O)n3C)n1. The molecule has 10 heteroatoms. The molecule has 0 radical (unpaired) electrons. The molecule has 0 N–H and O–H groups in total. The Hall–Kier alpha value is -1.39. The minimum absolute atomic E-state index is 0.337. The van der Waals surface area contributed by atoms with Gasteiger partial charge in [0.05, 0.1) is 0 Å². The van der Waals surface area contributed by atoms with Crippen LogP contribution in [0.25, 0.3) is 11.2 Å². The third-order valence-corrected chi connectivity index (χ3v) is 6.16. The number of imidazole rings is 1. The molecule has 3 aromatic heterocycles. The van der Waals surface area contributed by atoms with E-state index in [1.165, 1.54) is 11.6 Å². The third kappa shape index (κ3) is 2.90. The number of halogens is 1. The summed E-state index contributed by atoms with van der Waals surface area (Å²) >= 11 is 6.63. The van der Waals surface area contributed by atoms with Gasteiger partial charge in [-0.25, -0.2) is 14.8 Å². The van der Waals surface area contributed by atoms with Gasteiger partial charge in [-0.15, -0.1) is 11.3 Å². The lowest BCUT2D eigenvalue weighted by atomic mass is 10.5. The van der Waals surface area contributed by atoms with E-state index in [-0.39, 0.29) is 11.2 Å². The largest absolute Gasteiger partial charge is 0.332 e. The minimum atomic E-state index is -0.382. The van der Waals surface area contributed by atoms with Gasteiger partial charge in [0.15, 0.2) is 15.9 Å². The number of rotatable bonds is 4. The number of aromatic nitrogens is 5. The van der Waals surface area contributed by atoms with Crippen LogP contribution in [-0.4, -0.2) is 29.4 Å². The molecule has 7 nitrogen and oxygen atoms in total. The zero-order chi connectivity index (χ0) is 16.7. The van der Waals surface area contributed by atoms with Crippen molar-refractivity contribution in [2.45, 2.75) is 17.8 Å². The maximum Gasteiger partial charge on any atom is 0.332 e. The third-order valence-electron chi connectivity index (χ3n) is 3.44. The molecule has 3 aromatic rings. The number of fused-ring (bicyclic) bond motifs is 1. The lowest BCUT2D eigenvalue weighted by Crippen LogP contribution is -2.37. The molecule has 0 bridgehead atoms. The molecular weight excluding hydrogens is 402 g/mol. The quantitative estimate of drug-likeness (QED) is 0.479. The van der Waals surface area contributed by atoms with Crippen molar-refractivity contribution in [2.24, 2.45) is 14.1 Å². The van der Waals surface area contributed by atoms with Crippen molar-refractivity contribution in [1.29, 1.82) is 0 Å². The second kappa shape index (κ2) is 6.25. The second-order valence-electron chi connectivity index (χ2n) is 5.01. The summed E-state index contributed by atoms with van der Waals surface area (Å²) in [4.78, 5) is 33.1. The maximum absolute atomic E-state index is 12.4. The summed E-state index contributed by atoms with van der Waals surface area (Å²) < 4.78 is 5.83. The van der Waals surface area contributed by atoms with Crippen LogP contribution >= 0.6 is 39.0 Å². The molecule has 23 heavy (non-hydrogen) atoms. The zero-order valence-electron chi connectivity index (χ0n) is 12.7. The lowest BCUT2D eigenvalue weighted by molar-refractivity contribution is 0.699. The molecule has 0 aliphatic heterocycles. The van der Waals surface area contributed by atoms with Gasteiger partial charge in [0.25, 0.3) is 5.56 Å². The van der Waals surface area contributed by atoms with E-state index in [9.17, 15) is 9.59 Å². The first-order chi connectivity index (χ1) is 10.9. The molecule has 0 amide bonds. The Labute approximate surface area is 148 Å². The van der Waals surface area contributed by atoms with Gasteiger partial charge < -0.3 is 4.57 Å². The highest BCUT2D eigenvalue weighted by atomic mass is 79.9. The summed E-state index contributed by atoms with van der Waals surface area (Å²) in [6.45, 7) is 2.55. The average Bonchev–Trinajstić information content (AvgIpc) is 3.07. The average molecular weight is 416 g/mol. The molecule has 122 valence electrons. The fourth-order valence-electron chi connectivity index (χ4n) is 2.25. The van der Waals surface area contributed by atoms with Crippen LogP contribution in [0.1, 0.15) is 5.69 Å². The van der Waals surface area contributed by atoms with E-state index in [4.69, 9.17) is 0 Å². The minimum Gasteiger partial charge on any atom is -0.312 e. The number of thioether (sulfide) groups is 1. The van der Waals surface area contributed by atoms with Crippen LogP contribution in [0.15, 0.2) is 24.0 Å². The van der Waals surface area contributed by atoms with E-state index < -0.39 is 0 Å². The van der Waals surface area contributed by atoms with E-state index in [0.717, 1.165) is 20.4 Å². The molecule has 0 saturated carbocycles. The van der Waals surface area contributed by atoms with Crippen molar-refractivity contribution in [2.75, 3.05) is 5.75 Å². The van der Waals surface area contributed by atoms with Gasteiger partial charge in [-0.1, -0.05) is 11.8 Å². The molecule has 0 aliphatic carbocycles. The molecular formula is C13H14BrN5O2S2. The molecule has 0 fully saturated rings. The van der Waals surface area contributed by atoms with Crippen LogP contribution in [-0.2, 0) is 20.6 Å². The molecule has 0 unspecified atom stereocenters. The van der Waals surface area contributed by atoms with Crippen LogP contribution in [0, 0.1) is 6.92 Å². The highest BCUT2D eigenvalue weighted by Crippen LogP contribution is 2.24. The fraction of sp³-hybridized carbons (Fsp3) is 0.385. The van der Waals surface area contributed by atoms with Gasteiger partial charge in [0.1, 0.15) is 4.34 Å². The van der Waals surface area contributed by atoms with Gasteiger partial charge >= 0.3 is 5.69 Å². The van der Waals surface area contributed by atoms with Gasteiger partial charge in [-0.2, -0.15) is 0 Å². The Morgan fingerprint density at radius 1 is 1.26 bits per heavy atom. The molecule has 0 saturated heterocycles. The number of hydrogen-bond donors (Lipinski definition) is 0. The lowest BCUT2D eigenvalue weighted by Gasteiger charge is -2.06. The molecule has 0 atom stereocenters. The van der Waals surface area contributed by atoms with Crippen molar-refractivity contribution in [3.05, 3.63) is 36.6 Å². The first-order valence-corrected chi connectivity index (χ1v) is 9.42. The van der Waals surface area contributed by atoms with Crippen LogP contribution in [0.2, 0.25) is 0 Å². The normalized spacial score (nSPS) is 11.5.